The third-order valence-electron chi connectivity index (χ3n) is 1.62. The smallest absolute Gasteiger partial charge is 0.132 e. The van der Waals surface area contributed by atoms with Gasteiger partial charge in [-0.1, -0.05) is 36.9 Å². The lowest BCUT2D eigenvalue weighted by Gasteiger charge is -2.05. The molecule has 1 nitrogen and oxygen atoms in total. The first-order chi connectivity index (χ1) is 5.17. The van der Waals surface area contributed by atoms with Gasteiger partial charge in [0.05, 0.1) is 0 Å². The lowest BCUT2D eigenvalue weighted by atomic mass is 10.4. The molecule has 0 heterocycles. The molecule has 1 atom stereocenters. The normalized spacial score (nSPS) is 15.4. The highest BCUT2D eigenvalue weighted by molar-refractivity contribution is 7.73. The largest absolute Gasteiger partial charge is 0.315 e. The van der Waals surface area contributed by atoms with Crippen LogP contribution in [0.5, 0.6) is 0 Å². The van der Waals surface area contributed by atoms with Gasteiger partial charge in [-0.2, -0.15) is 0 Å². The zero-order valence-corrected chi connectivity index (χ0v) is 7.42. The Bertz CT molecular complexity index is 290. The molecule has 0 unspecified atom stereocenters. The van der Waals surface area contributed by atoms with Crippen molar-refractivity contribution in [2.75, 3.05) is 6.66 Å². The highest BCUT2D eigenvalue weighted by Gasteiger charge is 2.11. The molecule has 2 heteroatoms. The Kier molecular flexibility index (Phi) is 2.31. The van der Waals surface area contributed by atoms with Gasteiger partial charge in [-0.05, 0) is 12.5 Å². The van der Waals surface area contributed by atoms with E-state index < -0.39 is 7.14 Å². The van der Waals surface area contributed by atoms with E-state index in [4.69, 9.17) is 0 Å². The molecule has 0 aliphatic rings. The summed E-state index contributed by atoms with van der Waals surface area (Å²) in [5.41, 5.74) is 0. The van der Waals surface area contributed by atoms with E-state index in [9.17, 15) is 4.57 Å². The van der Waals surface area contributed by atoms with Gasteiger partial charge in [0.25, 0.3) is 0 Å². The molecular formula is C9H11OP. The molecule has 0 saturated carbocycles. The fourth-order valence-corrected chi connectivity index (χ4v) is 1.80. The maximum atomic E-state index is 11.7. The van der Waals surface area contributed by atoms with Gasteiger partial charge in [-0.3, -0.25) is 0 Å². The van der Waals surface area contributed by atoms with Gasteiger partial charge in [0.15, 0.2) is 0 Å². The maximum Gasteiger partial charge on any atom is 0.132 e. The highest BCUT2D eigenvalue weighted by Crippen LogP contribution is 2.40. The second kappa shape index (κ2) is 3.06. The van der Waals surface area contributed by atoms with Crippen LogP contribution >= 0.6 is 7.14 Å². The third-order valence-corrected chi connectivity index (χ3v) is 3.64. The van der Waals surface area contributed by atoms with Crippen molar-refractivity contribution < 1.29 is 4.57 Å². The fourth-order valence-electron chi connectivity index (χ4n) is 0.829. The minimum atomic E-state index is -2.26. The molecule has 1 aromatic carbocycles. The molecule has 0 bridgehead atoms. The van der Waals surface area contributed by atoms with Crippen LogP contribution in [-0.4, -0.2) is 6.66 Å². The van der Waals surface area contributed by atoms with Crippen LogP contribution in [0.2, 0.25) is 0 Å². The predicted octanol–water partition coefficient (Wildman–Crippen LogP) is 2.45. The molecule has 58 valence electrons. The van der Waals surface area contributed by atoms with E-state index in [2.05, 4.69) is 6.58 Å². The number of rotatable bonds is 2. The van der Waals surface area contributed by atoms with Gasteiger partial charge in [-0.15, -0.1) is 0 Å². The molecule has 0 N–H and O–H groups in total. The molecule has 1 aromatic rings. The Labute approximate surface area is 67.1 Å². The van der Waals surface area contributed by atoms with Crippen LogP contribution in [0.1, 0.15) is 0 Å². The molecule has 1 rings (SSSR count). The quantitative estimate of drug-likeness (QED) is 0.617. The van der Waals surface area contributed by atoms with Crippen molar-refractivity contribution in [3.05, 3.63) is 42.7 Å². The summed E-state index contributed by atoms with van der Waals surface area (Å²) in [5, 5.41) is 0.870. The van der Waals surface area contributed by atoms with E-state index in [-0.39, 0.29) is 0 Å². The Morgan fingerprint density at radius 3 is 2.36 bits per heavy atom. The minimum Gasteiger partial charge on any atom is -0.315 e. The molecule has 0 fully saturated rings. The summed E-state index contributed by atoms with van der Waals surface area (Å²) in [6.45, 7) is 5.26. The minimum absolute atomic E-state index is 0.870. The number of benzene rings is 1. The van der Waals surface area contributed by atoms with E-state index in [0.717, 1.165) is 5.30 Å². The zero-order valence-electron chi connectivity index (χ0n) is 6.53. The first kappa shape index (κ1) is 8.29. The Morgan fingerprint density at radius 1 is 1.36 bits per heavy atom. The molecule has 0 aromatic heterocycles. The summed E-state index contributed by atoms with van der Waals surface area (Å²) < 4.78 is 11.7. The van der Waals surface area contributed by atoms with Gasteiger partial charge in [0, 0.05) is 5.30 Å². The highest BCUT2D eigenvalue weighted by atomic mass is 31.2. The van der Waals surface area contributed by atoms with Gasteiger partial charge >= 0.3 is 0 Å². The van der Waals surface area contributed by atoms with Crippen LogP contribution in [0, 0.1) is 0 Å². The van der Waals surface area contributed by atoms with Crippen LogP contribution in [0.15, 0.2) is 42.7 Å². The third kappa shape index (κ3) is 1.81. The average molecular weight is 166 g/mol. The van der Waals surface area contributed by atoms with Crippen molar-refractivity contribution >= 4 is 12.4 Å². The average Bonchev–Trinajstić information content (AvgIpc) is 2.06. The van der Waals surface area contributed by atoms with Crippen molar-refractivity contribution in [2.24, 2.45) is 0 Å². The Hall–Kier alpha value is -0.810. The molecule has 0 amide bonds. The monoisotopic (exact) mass is 166 g/mol. The molecule has 0 spiro atoms. The summed E-state index contributed by atoms with van der Waals surface area (Å²) in [7, 11) is -2.26. The zero-order chi connectivity index (χ0) is 8.32. The van der Waals surface area contributed by atoms with Crippen molar-refractivity contribution in [3.8, 4) is 0 Å². The SMILES string of the molecule is C=C[P@](C)(=O)c1ccccc1. The van der Waals surface area contributed by atoms with Gasteiger partial charge in [0.1, 0.15) is 7.14 Å². The lowest BCUT2D eigenvalue weighted by Crippen LogP contribution is -1.99. The van der Waals surface area contributed by atoms with E-state index in [0.29, 0.717) is 0 Å². The first-order valence-electron chi connectivity index (χ1n) is 3.43. The van der Waals surface area contributed by atoms with Gasteiger partial charge < -0.3 is 4.57 Å². The molecule has 0 aliphatic heterocycles. The second-order valence-electron chi connectivity index (χ2n) is 2.51. The van der Waals surface area contributed by atoms with Gasteiger partial charge in [0.2, 0.25) is 0 Å². The molecule has 0 saturated heterocycles. The van der Waals surface area contributed by atoms with Gasteiger partial charge in [-0.25, -0.2) is 0 Å². The fraction of sp³-hybridized carbons (Fsp3) is 0.111. The second-order valence-corrected chi connectivity index (χ2v) is 5.37. The Balaban J connectivity index is 3.13. The summed E-state index contributed by atoms with van der Waals surface area (Å²) in [6.07, 6.45) is 0. The van der Waals surface area contributed by atoms with Crippen molar-refractivity contribution in [3.63, 3.8) is 0 Å². The van der Waals surface area contributed by atoms with E-state index in [1.165, 1.54) is 5.82 Å². The Morgan fingerprint density at radius 2 is 1.91 bits per heavy atom. The van der Waals surface area contributed by atoms with Crippen LogP contribution in [0.25, 0.3) is 0 Å². The first-order valence-corrected chi connectivity index (χ1v) is 5.65. The van der Waals surface area contributed by atoms with Crippen molar-refractivity contribution in [1.29, 1.82) is 0 Å². The van der Waals surface area contributed by atoms with E-state index >= 15 is 0 Å². The van der Waals surface area contributed by atoms with E-state index in [1.807, 2.05) is 30.3 Å². The van der Waals surface area contributed by atoms with Crippen LogP contribution < -0.4 is 5.30 Å². The predicted molar refractivity (Wildman–Crippen MR) is 49.8 cm³/mol. The number of hydrogen-bond acceptors (Lipinski definition) is 1. The van der Waals surface area contributed by atoms with Crippen LogP contribution in [0.4, 0.5) is 0 Å². The molecule has 11 heavy (non-hydrogen) atoms. The summed E-state index contributed by atoms with van der Waals surface area (Å²) >= 11 is 0. The summed E-state index contributed by atoms with van der Waals surface area (Å²) in [4.78, 5) is 0. The molecule has 0 aliphatic carbocycles. The standard InChI is InChI=1S/C9H11OP/c1-3-11(2,10)9-7-5-4-6-8-9/h3-8H,1H2,2H3/t11-/m0/s1. The lowest BCUT2D eigenvalue weighted by molar-refractivity contribution is 0.590. The topological polar surface area (TPSA) is 17.1 Å². The van der Waals surface area contributed by atoms with Crippen molar-refractivity contribution in [2.45, 2.75) is 0 Å². The molecular weight excluding hydrogens is 155 g/mol. The number of hydrogen-bond donors (Lipinski definition) is 0. The van der Waals surface area contributed by atoms with Crippen molar-refractivity contribution in [1.82, 2.24) is 0 Å². The maximum absolute atomic E-state index is 11.7. The summed E-state index contributed by atoms with van der Waals surface area (Å²) in [6, 6.07) is 9.40. The van der Waals surface area contributed by atoms with Crippen LogP contribution in [0.3, 0.4) is 0 Å². The van der Waals surface area contributed by atoms with Crippen LogP contribution in [-0.2, 0) is 4.57 Å². The summed E-state index contributed by atoms with van der Waals surface area (Å²) in [5.74, 6) is 1.53. The molecule has 0 radical (unpaired) electrons. The van der Waals surface area contributed by atoms with E-state index in [1.54, 1.807) is 6.66 Å².